The minimum Gasteiger partial charge on any atom is -0.384 e. The molecule has 0 bridgehead atoms. The van der Waals surface area contributed by atoms with E-state index >= 15 is 0 Å². The zero-order chi connectivity index (χ0) is 11.1. The Balaban J connectivity index is 2.31. The molecule has 0 unspecified atom stereocenters. The molecule has 2 nitrogen and oxygen atoms in total. The lowest BCUT2D eigenvalue weighted by Crippen LogP contribution is -2.28. The van der Waals surface area contributed by atoms with Crippen molar-refractivity contribution in [2.24, 2.45) is 0 Å². The Morgan fingerprint density at radius 1 is 1.27 bits per heavy atom. The molecule has 0 saturated carbocycles. The van der Waals surface area contributed by atoms with Crippen LogP contribution in [0.2, 0.25) is 0 Å². The van der Waals surface area contributed by atoms with Crippen LogP contribution in [0.15, 0.2) is 24.3 Å². The van der Waals surface area contributed by atoms with Gasteiger partial charge in [-0.05, 0) is 31.3 Å². The molecule has 0 saturated heterocycles. The van der Waals surface area contributed by atoms with Crippen molar-refractivity contribution in [3.63, 3.8) is 0 Å². The molecule has 15 heavy (non-hydrogen) atoms. The normalized spacial score (nSPS) is 10.7. The molecule has 0 aliphatic rings. The average Bonchev–Trinajstić information content (AvgIpc) is 2.25. The number of nitrogens with one attached hydrogen (secondary N) is 1. The van der Waals surface area contributed by atoms with Gasteiger partial charge in [-0.3, -0.25) is 0 Å². The van der Waals surface area contributed by atoms with Crippen molar-refractivity contribution in [3.8, 4) is 0 Å². The highest BCUT2D eigenvalue weighted by Crippen LogP contribution is 2.08. The molecule has 0 atom stereocenters. The smallest absolute Gasteiger partial charge is 0.125 e. The number of halogens is 1. The maximum atomic E-state index is 12.8. The molecule has 3 heteroatoms. The highest BCUT2D eigenvalue weighted by atomic mass is 19.1. The van der Waals surface area contributed by atoms with Gasteiger partial charge >= 0.3 is 0 Å². The van der Waals surface area contributed by atoms with E-state index in [4.69, 9.17) is 0 Å². The van der Waals surface area contributed by atoms with E-state index in [1.807, 2.05) is 6.07 Å². The number of rotatable bonds is 6. The van der Waals surface area contributed by atoms with E-state index in [9.17, 15) is 4.39 Å². The van der Waals surface area contributed by atoms with E-state index in [0.29, 0.717) is 0 Å². The van der Waals surface area contributed by atoms with Gasteiger partial charge in [0.05, 0.1) is 0 Å². The fourth-order valence-corrected chi connectivity index (χ4v) is 1.50. The van der Waals surface area contributed by atoms with Gasteiger partial charge in [-0.15, -0.1) is 0 Å². The second kappa shape index (κ2) is 6.40. The predicted molar refractivity (Wildman–Crippen MR) is 62.7 cm³/mol. The first-order valence-electron chi connectivity index (χ1n) is 5.48. The Morgan fingerprint density at radius 2 is 2.00 bits per heavy atom. The third kappa shape index (κ3) is 4.30. The lowest BCUT2D eigenvalue weighted by atomic mass is 10.3. The molecule has 0 fully saturated rings. The summed E-state index contributed by atoms with van der Waals surface area (Å²) >= 11 is 0. The average molecular weight is 210 g/mol. The van der Waals surface area contributed by atoms with Gasteiger partial charge in [0.1, 0.15) is 5.82 Å². The molecule has 0 aliphatic heterocycles. The van der Waals surface area contributed by atoms with E-state index in [2.05, 4.69) is 24.1 Å². The highest BCUT2D eigenvalue weighted by Gasteiger charge is 1.98. The van der Waals surface area contributed by atoms with Crippen molar-refractivity contribution in [1.29, 1.82) is 0 Å². The summed E-state index contributed by atoms with van der Waals surface area (Å²) in [6, 6.07) is 6.57. The van der Waals surface area contributed by atoms with Gasteiger partial charge in [0.2, 0.25) is 0 Å². The van der Waals surface area contributed by atoms with Crippen LogP contribution in [0.5, 0.6) is 0 Å². The number of hydrogen-bond donors (Lipinski definition) is 1. The lowest BCUT2D eigenvalue weighted by molar-refractivity contribution is 0.316. The molecule has 1 rings (SSSR count). The van der Waals surface area contributed by atoms with Crippen LogP contribution in [0.25, 0.3) is 0 Å². The van der Waals surface area contributed by atoms with E-state index in [-0.39, 0.29) is 5.82 Å². The maximum Gasteiger partial charge on any atom is 0.125 e. The summed E-state index contributed by atoms with van der Waals surface area (Å²) in [7, 11) is 0. The molecular weight excluding hydrogens is 191 g/mol. The molecule has 0 aromatic heterocycles. The summed E-state index contributed by atoms with van der Waals surface area (Å²) in [4.78, 5) is 2.33. The van der Waals surface area contributed by atoms with Crippen LogP contribution in [0, 0.1) is 5.82 Å². The zero-order valence-electron chi connectivity index (χ0n) is 9.46. The van der Waals surface area contributed by atoms with Crippen LogP contribution < -0.4 is 5.32 Å². The molecule has 1 aromatic rings. The first kappa shape index (κ1) is 12.0. The largest absolute Gasteiger partial charge is 0.384 e. The topological polar surface area (TPSA) is 15.3 Å². The fraction of sp³-hybridized carbons (Fsp3) is 0.500. The van der Waals surface area contributed by atoms with Crippen molar-refractivity contribution in [2.45, 2.75) is 13.8 Å². The fourth-order valence-electron chi connectivity index (χ4n) is 1.50. The Kier molecular flexibility index (Phi) is 5.12. The second-order valence-corrected chi connectivity index (χ2v) is 3.46. The SMILES string of the molecule is CCN(CC)CCNc1cccc(F)c1. The van der Waals surface area contributed by atoms with Crippen LogP contribution in [-0.4, -0.2) is 31.1 Å². The second-order valence-electron chi connectivity index (χ2n) is 3.46. The quantitative estimate of drug-likeness (QED) is 0.776. The molecule has 0 spiro atoms. The molecule has 0 heterocycles. The van der Waals surface area contributed by atoms with Crippen LogP contribution in [0.4, 0.5) is 10.1 Å². The van der Waals surface area contributed by atoms with Crippen molar-refractivity contribution in [2.75, 3.05) is 31.5 Å². The predicted octanol–water partition coefficient (Wildman–Crippen LogP) is 2.58. The minimum atomic E-state index is -0.192. The van der Waals surface area contributed by atoms with Gasteiger partial charge in [-0.2, -0.15) is 0 Å². The van der Waals surface area contributed by atoms with Crippen molar-refractivity contribution < 1.29 is 4.39 Å². The van der Waals surface area contributed by atoms with Crippen LogP contribution in [0.3, 0.4) is 0 Å². The van der Waals surface area contributed by atoms with E-state index in [1.165, 1.54) is 12.1 Å². The Morgan fingerprint density at radius 3 is 2.60 bits per heavy atom. The van der Waals surface area contributed by atoms with E-state index in [0.717, 1.165) is 31.9 Å². The summed E-state index contributed by atoms with van der Waals surface area (Å²) in [5.41, 5.74) is 0.849. The molecule has 0 aliphatic carbocycles. The van der Waals surface area contributed by atoms with Gasteiger partial charge < -0.3 is 10.2 Å². The van der Waals surface area contributed by atoms with Crippen molar-refractivity contribution >= 4 is 5.69 Å². The van der Waals surface area contributed by atoms with Gasteiger partial charge in [0.25, 0.3) is 0 Å². The van der Waals surface area contributed by atoms with Crippen molar-refractivity contribution in [3.05, 3.63) is 30.1 Å². The number of likely N-dealkylation sites (N-methyl/N-ethyl adjacent to an activating group) is 1. The van der Waals surface area contributed by atoms with E-state index in [1.54, 1.807) is 6.07 Å². The zero-order valence-corrected chi connectivity index (χ0v) is 9.46. The molecular formula is C12H19FN2. The summed E-state index contributed by atoms with van der Waals surface area (Å²) in [6.07, 6.45) is 0. The third-order valence-corrected chi connectivity index (χ3v) is 2.48. The van der Waals surface area contributed by atoms with Crippen LogP contribution >= 0.6 is 0 Å². The monoisotopic (exact) mass is 210 g/mol. The summed E-state index contributed by atoms with van der Waals surface area (Å²) < 4.78 is 12.8. The standard InChI is InChI=1S/C12H19FN2/c1-3-15(4-2)9-8-14-12-7-5-6-11(13)10-12/h5-7,10,14H,3-4,8-9H2,1-2H3. The van der Waals surface area contributed by atoms with Crippen molar-refractivity contribution in [1.82, 2.24) is 4.90 Å². The molecule has 0 amide bonds. The van der Waals surface area contributed by atoms with Gasteiger partial charge in [-0.25, -0.2) is 4.39 Å². The lowest BCUT2D eigenvalue weighted by Gasteiger charge is -2.18. The molecule has 84 valence electrons. The Bertz CT molecular complexity index is 285. The van der Waals surface area contributed by atoms with Gasteiger partial charge in [0.15, 0.2) is 0 Å². The molecule has 1 aromatic carbocycles. The minimum absolute atomic E-state index is 0.192. The first-order chi connectivity index (χ1) is 7.26. The number of nitrogens with zero attached hydrogens (tertiary/aromatic N) is 1. The van der Waals surface area contributed by atoms with Crippen LogP contribution in [0.1, 0.15) is 13.8 Å². The maximum absolute atomic E-state index is 12.8. The first-order valence-corrected chi connectivity index (χ1v) is 5.48. The number of hydrogen-bond acceptors (Lipinski definition) is 2. The number of benzene rings is 1. The summed E-state index contributed by atoms with van der Waals surface area (Å²) in [5, 5.41) is 3.20. The molecule has 0 radical (unpaired) electrons. The Hall–Kier alpha value is -1.09. The third-order valence-electron chi connectivity index (χ3n) is 2.48. The molecule has 1 N–H and O–H groups in total. The number of anilines is 1. The van der Waals surface area contributed by atoms with Gasteiger partial charge in [0, 0.05) is 18.8 Å². The summed E-state index contributed by atoms with van der Waals surface area (Å²) in [5.74, 6) is -0.192. The Labute approximate surface area is 91.1 Å². The van der Waals surface area contributed by atoms with Gasteiger partial charge in [-0.1, -0.05) is 19.9 Å². The van der Waals surface area contributed by atoms with E-state index < -0.39 is 0 Å². The van der Waals surface area contributed by atoms with Crippen LogP contribution in [-0.2, 0) is 0 Å². The highest BCUT2D eigenvalue weighted by molar-refractivity contribution is 5.42. The summed E-state index contributed by atoms with van der Waals surface area (Å²) in [6.45, 7) is 8.24.